The van der Waals surface area contributed by atoms with E-state index in [0.29, 0.717) is 18.4 Å². The van der Waals surface area contributed by atoms with Gasteiger partial charge in [-0.15, -0.1) is 0 Å². The van der Waals surface area contributed by atoms with Crippen LogP contribution in [0.2, 0.25) is 0 Å². The predicted octanol–water partition coefficient (Wildman–Crippen LogP) is 2.27. The van der Waals surface area contributed by atoms with Crippen LogP contribution in [0.25, 0.3) is 0 Å². The summed E-state index contributed by atoms with van der Waals surface area (Å²) in [5.74, 6) is 0.405. The van der Waals surface area contributed by atoms with E-state index in [9.17, 15) is 4.79 Å². The van der Waals surface area contributed by atoms with Gasteiger partial charge in [0.15, 0.2) is 0 Å². The van der Waals surface area contributed by atoms with Crippen LogP contribution < -0.4 is 0 Å². The highest BCUT2D eigenvalue weighted by atomic mass is 16.7. The Kier molecular flexibility index (Phi) is 2.32. The number of esters is 1. The minimum Gasteiger partial charge on any atom is -0.433 e. The van der Waals surface area contributed by atoms with E-state index in [4.69, 9.17) is 9.47 Å². The van der Waals surface area contributed by atoms with Crippen molar-refractivity contribution < 1.29 is 14.3 Å². The molecule has 3 nitrogen and oxygen atoms in total. The molecule has 2 aliphatic carbocycles. The van der Waals surface area contributed by atoms with Gasteiger partial charge in [0.25, 0.3) is 0 Å². The summed E-state index contributed by atoms with van der Waals surface area (Å²) in [7, 11) is 0. The lowest BCUT2D eigenvalue weighted by atomic mass is 9.94. The average molecular weight is 222 g/mol. The fourth-order valence-electron chi connectivity index (χ4n) is 3.17. The normalized spacial score (nSPS) is 45.2. The van der Waals surface area contributed by atoms with Gasteiger partial charge in [-0.1, -0.05) is 12.2 Å². The van der Waals surface area contributed by atoms with E-state index in [1.54, 1.807) is 0 Å². The molecule has 1 aliphatic heterocycles. The molecule has 0 aromatic heterocycles. The molecule has 0 radical (unpaired) electrons. The summed E-state index contributed by atoms with van der Waals surface area (Å²) in [5.41, 5.74) is 0. The van der Waals surface area contributed by atoms with Gasteiger partial charge < -0.3 is 9.47 Å². The van der Waals surface area contributed by atoms with E-state index in [2.05, 4.69) is 12.2 Å². The summed E-state index contributed by atoms with van der Waals surface area (Å²) >= 11 is 0. The van der Waals surface area contributed by atoms with Gasteiger partial charge in [-0.25, -0.2) is 0 Å². The molecule has 88 valence electrons. The van der Waals surface area contributed by atoms with Crippen LogP contribution in [0.1, 0.15) is 32.6 Å². The van der Waals surface area contributed by atoms with Gasteiger partial charge in [0.05, 0.1) is 12.5 Å². The zero-order valence-corrected chi connectivity index (χ0v) is 9.65. The third kappa shape index (κ3) is 1.67. The molecule has 16 heavy (non-hydrogen) atoms. The largest absolute Gasteiger partial charge is 0.433 e. The first-order chi connectivity index (χ1) is 7.66. The van der Waals surface area contributed by atoms with Crippen LogP contribution in [0.3, 0.4) is 0 Å². The fraction of sp³-hybridized carbons (Fsp3) is 0.769. The molecular weight excluding hydrogens is 204 g/mol. The van der Waals surface area contributed by atoms with Crippen LogP contribution in [-0.4, -0.2) is 18.4 Å². The van der Waals surface area contributed by atoms with E-state index >= 15 is 0 Å². The Morgan fingerprint density at radius 1 is 1.44 bits per heavy atom. The molecule has 1 heterocycles. The molecule has 1 saturated heterocycles. The Hall–Kier alpha value is -0.830. The van der Waals surface area contributed by atoms with E-state index in [1.807, 2.05) is 6.92 Å². The number of hydrogen-bond acceptors (Lipinski definition) is 3. The second-order valence-corrected chi connectivity index (χ2v) is 5.39. The minimum absolute atomic E-state index is 0.0544. The lowest BCUT2D eigenvalue weighted by molar-refractivity contribution is -0.210. The molecule has 0 spiro atoms. The molecule has 2 fully saturated rings. The highest BCUT2D eigenvalue weighted by Gasteiger charge is 2.43. The van der Waals surface area contributed by atoms with Crippen molar-refractivity contribution in [2.24, 2.45) is 17.8 Å². The zero-order valence-electron chi connectivity index (χ0n) is 9.65. The molecule has 4 atom stereocenters. The van der Waals surface area contributed by atoms with Crippen molar-refractivity contribution >= 4 is 5.97 Å². The Morgan fingerprint density at radius 2 is 2.31 bits per heavy atom. The van der Waals surface area contributed by atoms with Crippen LogP contribution >= 0.6 is 0 Å². The van der Waals surface area contributed by atoms with Crippen molar-refractivity contribution in [3.63, 3.8) is 0 Å². The maximum absolute atomic E-state index is 12.1. The third-order valence-corrected chi connectivity index (χ3v) is 4.08. The number of fused-ring (bicyclic) bond motifs is 2. The third-order valence-electron chi connectivity index (χ3n) is 4.08. The first-order valence-electron chi connectivity index (χ1n) is 6.21. The van der Waals surface area contributed by atoms with Crippen LogP contribution in [0.15, 0.2) is 12.2 Å². The molecular formula is C13H18O3. The van der Waals surface area contributed by atoms with Gasteiger partial charge in [0.2, 0.25) is 5.79 Å². The van der Waals surface area contributed by atoms with Crippen molar-refractivity contribution in [1.29, 1.82) is 0 Å². The van der Waals surface area contributed by atoms with Crippen molar-refractivity contribution in [3.05, 3.63) is 12.2 Å². The number of ether oxygens (including phenoxy) is 2. The molecule has 0 unspecified atom stereocenters. The lowest BCUT2D eigenvalue weighted by Gasteiger charge is -2.26. The van der Waals surface area contributed by atoms with Crippen LogP contribution in [-0.2, 0) is 14.3 Å². The van der Waals surface area contributed by atoms with Gasteiger partial charge in [0, 0.05) is 13.3 Å². The number of carbonyl (C=O) groups excluding carboxylic acids is 1. The van der Waals surface area contributed by atoms with E-state index in [-0.39, 0.29) is 11.9 Å². The Labute approximate surface area is 95.8 Å². The molecule has 2 bridgehead atoms. The number of allylic oxidation sites excluding steroid dienone is 2. The smallest absolute Gasteiger partial charge is 0.312 e. The standard InChI is InChI=1S/C13H18O3/c1-13(5-2-6-15-13)16-12(14)11-8-9-3-4-10(11)7-9/h3-4,9-11H,2,5-8H2,1H3/t9-,10-,11-,13+/m0/s1. The monoisotopic (exact) mass is 222 g/mol. The topological polar surface area (TPSA) is 35.5 Å². The molecule has 3 rings (SSSR count). The van der Waals surface area contributed by atoms with Crippen LogP contribution in [0.5, 0.6) is 0 Å². The van der Waals surface area contributed by atoms with Crippen LogP contribution in [0.4, 0.5) is 0 Å². The molecule has 3 heteroatoms. The first-order valence-corrected chi connectivity index (χ1v) is 6.21. The van der Waals surface area contributed by atoms with Crippen molar-refractivity contribution in [2.75, 3.05) is 6.61 Å². The van der Waals surface area contributed by atoms with Gasteiger partial charge in [-0.05, 0) is 31.1 Å². The summed E-state index contributed by atoms with van der Waals surface area (Å²) in [4.78, 5) is 12.1. The molecule has 3 aliphatic rings. The van der Waals surface area contributed by atoms with E-state index < -0.39 is 5.79 Å². The molecule has 0 N–H and O–H groups in total. The fourth-order valence-corrected chi connectivity index (χ4v) is 3.17. The second kappa shape index (κ2) is 3.59. The van der Waals surface area contributed by atoms with Gasteiger partial charge in [0.1, 0.15) is 0 Å². The average Bonchev–Trinajstić information content (AvgIpc) is 2.92. The number of hydrogen-bond donors (Lipinski definition) is 0. The number of carbonyl (C=O) groups is 1. The summed E-state index contributed by atoms with van der Waals surface area (Å²) < 4.78 is 11.0. The maximum Gasteiger partial charge on any atom is 0.312 e. The lowest BCUT2D eigenvalue weighted by Crippen LogP contribution is -2.34. The summed E-state index contributed by atoms with van der Waals surface area (Å²) in [6.45, 7) is 2.58. The maximum atomic E-state index is 12.1. The molecule has 0 amide bonds. The summed E-state index contributed by atoms with van der Waals surface area (Å²) in [6, 6.07) is 0. The van der Waals surface area contributed by atoms with E-state index in [1.165, 1.54) is 0 Å². The van der Waals surface area contributed by atoms with Gasteiger partial charge in [-0.2, -0.15) is 0 Å². The zero-order chi connectivity index (χ0) is 11.2. The number of rotatable bonds is 2. The summed E-state index contributed by atoms with van der Waals surface area (Å²) in [6.07, 6.45) is 8.34. The molecule has 1 saturated carbocycles. The Balaban J connectivity index is 1.63. The van der Waals surface area contributed by atoms with Gasteiger partial charge >= 0.3 is 5.97 Å². The van der Waals surface area contributed by atoms with Crippen LogP contribution in [0, 0.1) is 17.8 Å². The SMILES string of the molecule is C[C@@]1(OC(=O)[C@H]2C[C@H]3C=C[C@H]2C3)CCCO1. The highest BCUT2D eigenvalue weighted by Crippen LogP contribution is 2.44. The van der Waals surface area contributed by atoms with Crippen molar-refractivity contribution in [1.82, 2.24) is 0 Å². The van der Waals surface area contributed by atoms with E-state index in [0.717, 1.165) is 25.7 Å². The first kappa shape index (κ1) is 10.3. The highest BCUT2D eigenvalue weighted by molar-refractivity contribution is 5.74. The predicted molar refractivity (Wildman–Crippen MR) is 58.5 cm³/mol. The van der Waals surface area contributed by atoms with Crippen molar-refractivity contribution in [3.8, 4) is 0 Å². The second-order valence-electron chi connectivity index (χ2n) is 5.39. The molecule has 0 aromatic rings. The summed E-state index contributed by atoms with van der Waals surface area (Å²) in [5, 5.41) is 0. The molecule has 0 aromatic carbocycles. The quantitative estimate of drug-likeness (QED) is 0.531. The van der Waals surface area contributed by atoms with Crippen molar-refractivity contribution in [2.45, 2.75) is 38.4 Å². The van der Waals surface area contributed by atoms with Gasteiger partial charge in [-0.3, -0.25) is 4.79 Å². The minimum atomic E-state index is -0.650. The Morgan fingerprint density at radius 3 is 2.88 bits per heavy atom. The Bertz CT molecular complexity index is 328.